The van der Waals surface area contributed by atoms with Crippen LogP contribution in [-0.2, 0) is 16.0 Å². The second-order valence-electron chi connectivity index (χ2n) is 6.07. The van der Waals surface area contributed by atoms with Gasteiger partial charge in [0.1, 0.15) is 0 Å². The number of pyridine rings is 1. The number of para-hydroxylation sites is 1. The molecule has 0 bridgehead atoms. The van der Waals surface area contributed by atoms with Gasteiger partial charge in [-0.3, -0.25) is 9.78 Å². The predicted molar refractivity (Wildman–Crippen MR) is 101 cm³/mol. The number of hydrogen-bond acceptors (Lipinski definition) is 3. The van der Waals surface area contributed by atoms with Crippen LogP contribution in [0.4, 0.5) is 0 Å². The fourth-order valence-electron chi connectivity index (χ4n) is 3.06. The summed E-state index contributed by atoms with van der Waals surface area (Å²) in [6, 6.07) is 23.2. The summed E-state index contributed by atoms with van der Waals surface area (Å²) < 4.78 is 5.83. The third-order valence-corrected chi connectivity index (χ3v) is 4.32. The first-order valence-electron chi connectivity index (χ1n) is 8.51. The molecule has 1 atom stereocenters. The number of rotatable bonds is 5. The van der Waals surface area contributed by atoms with E-state index >= 15 is 0 Å². The van der Waals surface area contributed by atoms with E-state index in [1.54, 1.807) is 6.20 Å². The van der Waals surface area contributed by atoms with Crippen LogP contribution >= 0.6 is 0 Å². The van der Waals surface area contributed by atoms with Gasteiger partial charge in [-0.15, -0.1) is 0 Å². The Morgan fingerprint density at radius 3 is 2.54 bits per heavy atom. The first-order chi connectivity index (χ1) is 12.8. The first-order valence-corrected chi connectivity index (χ1v) is 8.51. The average molecular weight is 342 g/mol. The Hall–Kier alpha value is -3.40. The summed E-state index contributed by atoms with van der Waals surface area (Å²) in [7, 11) is 0. The maximum Gasteiger partial charge on any atom is 0.311 e. The van der Waals surface area contributed by atoms with Crippen LogP contribution in [0.25, 0.3) is 10.9 Å². The Labute approximate surface area is 151 Å². The number of benzene rings is 2. The van der Waals surface area contributed by atoms with Crippen molar-refractivity contribution < 1.29 is 9.53 Å². The van der Waals surface area contributed by atoms with Gasteiger partial charge in [0, 0.05) is 23.3 Å². The molecule has 26 heavy (non-hydrogen) atoms. The molecule has 0 saturated heterocycles. The minimum atomic E-state index is -0.518. The zero-order valence-electron chi connectivity index (χ0n) is 14.1. The Morgan fingerprint density at radius 1 is 0.962 bits per heavy atom. The maximum absolute atomic E-state index is 12.6. The molecular weight excluding hydrogens is 324 g/mol. The van der Waals surface area contributed by atoms with Crippen molar-refractivity contribution in [1.82, 2.24) is 9.97 Å². The number of carbonyl (C=O) groups is 1. The maximum atomic E-state index is 12.6. The van der Waals surface area contributed by atoms with Gasteiger partial charge in [-0.25, -0.2) is 0 Å². The molecule has 4 nitrogen and oxygen atoms in total. The molecule has 4 rings (SSSR count). The molecule has 2 aromatic heterocycles. The average Bonchev–Trinajstić information content (AvgIpc) is 3.10. The number of carbonyl (C=O) groups excluding carboxylic acids is 1. The van der Waals surface area contributed by atoms with Crippen molar-refractivity contribution in [2.24, 2.45) is 0 Å². The van der Waals surface area contributed by atoms with E-state index in [-0.39, 0.29) is 12.4 Å². The van der Waals surface area contributed by atoms with Crippen LogP contribution in [-0.4, -0.2) is 15.9 Å². The van der Waals surface area contributed by atoms with Gasteiger partial charge in [-0.2, -0.15) is 0 Å². The lowest BCUT2D eigenvalue weighted by Crippen LogP contribution is -2.15. The van der Waals surface area contributed by atoms with E-state index in [0.717, 1.165) is 22.0 Å². The standard InChI is InChI=1S/C22H18N2O2/c25-21(14-17-15-24-19-11-5-4-10-18(17)19)26-22(16-8-2-1-3-9-16)20-12-6-7-13-23-20/h1-13,15,22,24H,14H2/t22-/m1/s1. The smallest absolute Gasteiger partial charge is 0.311 e. The zero-order valence-corrected chi connectivity index (χ0v) is 14.1. The fraction of sp³-hybridized carbons (Fsp3) is 0.0909. The highest BCUT2D eigenvalue weighted by atomic mass is 16.5. The minimum Gasteiger partial charge on any atom is -0.451 e. The van der Waals surface area contributed by atoms with E-state index in [1.165, 1.54) is 0 Å². The monoisotopic (exact) mass is 342 g/mol. The highest BCUT2D eigenvalue weighted by Gasteiger charge is 2.21. The molecule has 1 N–H and O–H groups in total. The van der Waals surface area contributed by atoms with Gasteiger partial charge < -0.3 is 9.72 Å². The van der Waals surface area contributed by atoms with E-state index in [0.29, 0.717) is 5.69 Å². The molecule has 0 saturated carbocycles. The van der Waals surface area contributed by atoms with Crippen LogP contribution in [0.3, 0.4) is 0 Å². The van der Waals surface area contributed by atoms with Crippen LogP contribution < -0.4 is 0 Å². The third kappa shape index (κ3) is 3.35. The van der Waals surface area contributed by atoms with E-state index in [2.05, 4.69) is 9.97 Å². The van der Waals surface area contributed by atoms with Crippen molar-refractivity contribution >= 4 is 16.9 Å². The number of nitrogens with zero attached hydrogens (tertiary/aromatic N) is 1. The quantitative estimate of drug-likeness (QED) is 0.546. The van der Waals surface area contributed by atoms with Crippen molar-refractivity contribution in [3.63, 3.8) is 0 Å². The summed E-state index contributed by atoms with van der Waals surface area (Å²) in [5, 5.41) is 1.04. The van der Waals surface area contributed by atoms with E-state index < -0.39 is 6.10 Å². The van der Waals surface area contributed by atoms with Crippen molar-refractivity contribution in [2.45, 2.75) is 12.5 Å². The lowest BCUT2D eigenvalue weighted by atomic mass is 10.1. The number of aromatic nitrogens is 2. The van der Waals surface area contributed by atoms with Crippen molar-refractivity contribution in [3.8, 4) is 0 Å². The second kappa shape index (κ2) is 7.23. The summed E-state index contributed by atoms with van der Waals surface area (Å²) in [5.74, 6) is -0.283. The van der Waals surface area contributed by atoms with Crippen molar-refractivity contribution in [1.29, 1.82) is 0 Å². The van der Waals surface area contributed by atoms with Gasteiger partial charge in [0.2, 0.25) is 0 Å². The Morgan fingerprint density at radius 2 is 1.73 bits per heavy atom. The van der Waals surface area contributed by atoms with Gasteiger partial charge in [-0.05, 0) is 29.3 Å². The molecule has 0 unspecified atom stereocenters. The summed E-state index contributed by atoms with van der Waals surface area (Å²) in [5.41, 5.74) is 3.56. The number of hydrogen-bond donors (Lipinski definition) is 1. The highest BCUT2D eigenvalue weighted by molar-refractivity contribution is 5.87. The van der Waals surface area contributed by atoms with Gasteiger partial charge in [0.05, 0.1) is 12.1 Å². The molecule has 0 amide bonds. The number of esters is 1. The summed E-state index contributed by atoms with van der Waals surface area (Å²) in [6.45, 7) is 0. The third-order valence-electron chi connectivity index (χ3n) is 4.32. The number of H-pyrrole nitrogens is 1. The largest absolute Gasteiger partial charge is 0.451 e. The zero-order chi connectivity index (χ0) is 17.8. The lowest BCUT2D eigenvalue weighted by Gasteiger charge is -2.18. The molecule has 0 fully saturated rings. The predicted octanol–water partition coefficient (Wildman–Crippen LogP) is 4.44. The Bertz CT molecular complexity index is 970. The Balaban J connectivity index is 1.58. The fourth-order valence-corrected chi connectivity index (χ4v) is 3.06. The molecule has 0 radical (unpaired) electrons. The van der Waals surface area contributed by atoms with Crippen LogP contribution in [0.1, 0.15) is 22.9 Å². The number of nitrogens with one attached hydrogen (secondary N) is 1. The van der Waals surface area contributed by atoms with Crippen molar-refractivity contribution in [3.05, 3.63) is 102 Å². The molecule has 0 aliphatic carbocycles. The molecular formula is C22H18N2O2. The summed E-state index contributed by atoms with van der Waals surface area (Å²) in [4.78, 5) is 20.2. The second-order valence-corrected chi connectivity index (χ2v) is 6.07. The van der Waals surface area contributed by atoms with Gasteiger partial charge in [-0.1, -0.05) is 54.6 Å². The van der Waals surface area contributed by atoms with E-state index in [4.69, 9.17) is 4.74 Å². The number of fused-ring (bicyclic) bond motifs is 1. The van der Waals surface area contributed by atoms with Crippen LogP contribution in [0.5, 0.6) is 0 Å². The lowest BCUT2D eigenvalue weighted by molar-refractivity contribution is -0.146. The van der Waals surface area contributed by atoms with Crippen LogP contribution in [0.15, 0.2) is 85.2 Å². The van der Waals surface area contributed by atoms with Gasteiger partial charge in [0.25, 0.3) is 0 Å². The van der Waals surface area contributed by atoms with E-state index in [1.807, 2.05) is 79.0 Å². The Kier molecular flexibility index (Phi) is 4.48. The normalized spacial score (nSPS) is 12.0. The summed E-state index contributed by atoms with van der Waals surface area (Å²) >= 11 is 0. The highest BCUT2D eigenvalue weighted by Crippen LogP contribution is 2.26. The molecule has 2 aromatic carbocycles. The topological polar surface area (TPSA) is 55.0 Å². The summed E-state index contributed by atoms with van der Waals surface area (Å²) in [6.07, 6.45) is 3.26. The van der Waals surface area contributed by atoms with Gasteiger partial charge in [0.15, 0.2) is 6.10 Å². The van der Waals surface area contributed by atoms with Gasteiger partial charge >= 0.3 is 5.97 Å². The van der Waals surface area contributed by atoms with Crippen LogP contribution in [0.2, 0.25) is 0 Å². The first kappa shape index (κ1) is 16.1. The van der Waals surface area contributed by atoms with Crippen LogP contribution in [0, 0.1) is 0 Å². The molecule has 0 spiro atoms. The SMILES string of the molecule is O=C(Cc1c[nH]c2ccccc12)O[C@H](c1ccccc1)c1ccccn1. The molecule has 2 heterocycles. The minimum absolute atomic E-state index is 0.209. The molecule has 4 aromatic rings. The van der Waals surface area contributed by atoms with E-state index in [9.17, 15) is 4.79 Å². The van der Waals surface area contributed by atoms with Crippen molar-refractivity contribution in [2.75, 3.05) is 0 Å². The number of aromatic amines is 1. The molecule has 128 valence electrons. The molecule has 0 aliphatic heterocycles. The molecule has 0 aliphatic rings. The number of ether oxygens (including phenoxy) is 1. The molecule has 4 heteroatoms.